The fourth-order valence-electron chi connectivity index (χ4n) is 1.31. The number of benzene rings is 1. The minimum absolute atomic E-state index is 0.313. The number of aryl methyl sites for hydroxylation is 1. The first-order chi connectivity index (χ1) is 7.56. The van der Waals surface area contributed by atoms with Gasteiger partial charge in [0.25, 0.3) is 0 Å². The molecule has 0 saturated carbocycles. The topological polar surface area (TPSA) is 73.1 Å². The van der Waals surface area contributed by atoms with Crippen LogP contribution in [0.5, 0.6) is 0 Å². The normalized spacial score (nSPS) is 11.6. The lowest BCUT2D eigenvalue weighted by molar-refractivity contribution is -0.140. The zero-order valence-corrected chi connectivity index (χ0v) is 9.32. The summed E-state index contributed by atoms with van der Waals surface area (Å²) in [6.07, 6.45) is 0. The van der Waals surface area contributed by atoms with Gasteiger partial charge in [0, 0.05) is 6.54 Å². The van der Waals surface area contributed by atoms with Gasteiger partial charge in [-0.05, 0) is 18.6 Å². The molecule has 1 atom stereocenters. The maximum atomic E-state index is 10.6. The first-order valence-electron chi connectivity index (χ1n) is 5.02. The molecule has 16 heavy (non-hydrogen) atoms. The zero-order chi connectivity index (χ0) is 12.1. The summed E-state index contributed by atoms with van der Waals surface area (Å²) < 4.78 is 0. The second-order valence-electron chi connectivity index (χ2n) is 3.73. The third-order valence-corrected chi connectivity index (χ3v) is 2.40. The summed E-state index contributed by atoms with van der Waals surface area (Å²) in [7, 11) is 0. The van der Waals surface area contributed by atoms with Gasteiger partial charge in [-0.25, -0.2) is 0 Å². The number of nitriles is 1. The SMILES string of the molecule is Cc1cccc(NCC(C)C(=O)O)c1C#N. The van der Waals surface area contributed by atoms with Gasteiger partial charge in [0.15, 0.2) is 0 Å². The summed E-state index contributed by atoms with van der Waals surface area (Å²) in [5.74, 6) is -1.33. The Morgan fingerprint density at radius 2 is 2.31 bits per heavy atom. The summed E-state index contributed by atoms with van der Waals surface area (Å²) in [5, 5.41) is 20.7. The van der Waals surface area contributed by atoms with Gasteiger partial charge in [0.2, 0.25) is 0 Å². The summed E-state index contributed by atoms with van der Waals surface area (Å²) in [5.41, 5.74) is 2.14. The third-order valence-electron chi connectivity index (χ3n) is 2.40. The van der Waals surface area contributed by atoms with Crippen molar-refractivity contribution >= 4 is 11.7 Å². The van der Waals surface area contributed by atoms with E-state index in [0.717, 1.165) is 5.56 Å². The Morgan fingerprint density at radius 1 is 1.62 bits per heavy atom. The number of rotatable bonds is 4. The summed E-state index contributed by atoms with van der Waals surface area (Å²) in [4.78, 5) is 10.6. The van der Waals surface area contributed by atoms with Crippen LogP contribution in [-0.4, -0.2) is 17.6 Å². The number of hydrogen-bond acceptors (Lipinski definition) is 3. The molecule has 0 radical (unpaired) electrons. The van der Waals surface area contributed by atoms with Crippen LogP contribution in [0.2, 0.25) is 0 Å². The van der Waals surface area contributed by atoms with Crippen molar-refractivity contribution in [2.45, 2.75) is 13.8 Å². The largest absolute Gasteiger partial charge is 0.481 e. The number of nitrogens with zero attached hydrogens (tertiary/aromatic N) is 1. The molecular weight excluding hydrogens is 204 g/mol. The van der Waals surface area contributed by atoms with Gasteiger partial charge < -0.3 is 10.4 Å². The Hall–Kier alpha value is -2.02. The van der Waals surface area contributed by atoms with Crippen molar-refractivity contribution < 1.29 is 9.90 Å². The Morgan fingerprint density at radius 3 is 2.88 bits per heavy atom. The van der Waals surface area contributed by atoms with E-state index in [4.69, 9.17) is 10.4 Å². The van der Waals surface area contributed by atoms with Crippen LogP contribution in [0.3, 0.4) is 0 Å². The van der Waals surface area contributed by atoms with Gasteiger partial charge in [-0.2, -0.15) is 5.26 Å². The molecular formula is C12H14N2O2. The highest BCUT2D eigenvalue weighted by Gasteiger charge is 2.11. The van der Waals surface area contributed by atoms with E-state index in [1.807, 2.05) is 19.1 Å². The first-order valence-corrected chi connectivity index (χ1v) is 5.02. The van der Waals surface area contributed by atoms with Gasteiger partial charge in [-0.1, -0.05) is 19.1 Å². The van der Waals surface area contributed by atoms with E-state index in [1.165, 1.54) is 0 Å². The molecule has 1 aromatic rings. The van der Waals surface area contributed by atoms with Gasteiger partial charge in [0.1, 0.15) is 6.07 Å². The van der Waals surface area contributed by atoms with E-state index < -0.39 is 11.9 Å². The fourth-order valence-corrected chi connectivity index (χ4v) is 1.31. The molecule has 0 aromatic heterocycles. The number of hydrogen-bond donors (Lipinski definition) is 2. The number of anilines is 1. The van der Waals surface area contributed by atoms with Gasteiger partial charge in [-0.3, -0.25) is 4.79 Å². The van der Waals surface area contributed by atoms with Crippen LogP contribution in [0.25, 0.3) is 0 Å². The molecule has 0 saturated heterocycles. The van der Waals surface area contributed by atoms with Crippen molar-refractivity contribution in [1.82, 2.24) is 0 Å². The molecule has 0 fully saturated rings. The predicted molar refractivity (Wildman–Crippen MR) is 61.2 cm³/mol. The molecule has 2 N–H and O–H groups in total. The lowest BCUT2D eigenvalue weighted by Crippen LogP contribution is -2.20. The molecule has 0 heterocycles. The quantitative estimate of drug-likeness (QED) is 0.810. The van der Waals surface area contributed by atoms with Gasteiger partial charge in [-0.15, -0.1) is 0 Å². The van der Waals surface area contributed by atoms with Crippen LogP contribution in [0, 0.1) is 24.2 Å². The van der Waals surface area contributed by atoms with E-state index in [2.05, 4.69) is 11.4 Å². The second kappa shape index (κ2) is 5.17. The summed E-state index contributed by atoms with van der Waals surface area (Å²) in [6.45, 7) is 3.79. The van der Waals surface area contributed by atoms with Crippen LogP contribution in [0.15, 0.2) is 18.2 Å². The second-order valence-corrected chi connectivity index (χ2v) is 3.73. The third kappa shape index (κ3) is 2.74. The van der Waals surface area contributed by atoms with Crippen molar-refractivity contribution in [3.63, 3.8) is 0 Å². The molecule has 1 unspecified atom stereocenters. The Kier molecular flexibility index (Phi) is 3.90. The minimum Gasteiger partial charge on any atom is -0.481 e. The molecule has 4 nitrogen and oxygen atoms in total. The summed E-state index contributed by atoms with van der Waals surface area (Å²) in [6, 6.07) is 7.57. The first kappa shape index (κ1) is 12.1. The average molecular weight is 218 g/mol. The van der Waals surface area contributed by atoms with E-state index >= 15 is 0 Å². The van der Waals surface area contributed by atoms with Gasteiger partial charge in [0.05, 0.1) is 17.2 Å². The Bertz CT molecular complexity index is 435. The highest BCUT2D eigenvalue weighted by atomic mass is 16.4. The maximum absolute atomic E-state index is 10.6. The lowest BCUT2D eigenvalue weighted by Gasteiger charge is -2.11. The van der Waals surface area contributed by atoms with E-state index in [-0.39, 0.29) is 0 Å². The van der Waals surface area contributed by atoms with Crippen molar-refractivity contribution in [1.29, 1.82) is 5.26 Å². The molecule has 0 aliphatic rings. The number of carboxylic acid groups (broad SMARTS) is 1. The number of aliphatic carboxylic acids is 1. The highest BCUT2D eigenvalue weighted by molar-refractivity contribution is 5.70. The molecule has 0 amide bonds. The van der Waals surface area contributed by atoms with Crippen LogP contribution in [0.4, 0.5) is 5.69 Å². The number of carbonyl (C=O) groups is 1. The molecule has 0 bridgehead atoms. The lowest BCUT2D eigenvalue weighted by atomic mass is 10.1. The minimum atomic E-state index is -0.848. The average Bonchev–Trinajstić information content (AvgIpc) is 2.25. The zero-order valence-electron chi connectivity index (χ0n) is 9.32. The van der Waals surface area contributed by atoms with E-state index in [0.29, 0.717) is 17.8 Å². The molecule has 0 aliphatic carbocycles. The molecule has 1 aromatic carbocycles. The van der Waals surface area contributed by atoms with Crippen LogP contribution in [-0.2, 0) is 4.79 Å². The molecule has 0 aliphatic heterocycles. The standard InChI is InChI=1S/C12H14N2O2/c1-8-4-3-5-11(10(8)6-13)14-7-9(2)12(15)16/h3-5,9,14H,7H2,1-2H3,(H,15,16). The number of nitrogens with one attached hydrogen (secondary N) is 1. The molecule has 4 heteroatoms. The Labute approximate surface area is 94.5 Å². The van der Waals surface area contributed by atoms with Crippen LogP contribution >= 0.6 is 0 Å². The monoisotopic (exact) mass is 218 g/mol. The van der Waals surface area contributed by atoms with Gasteiger partial charge >= 0.3 is 5.97 Å². The van der Waals surface area contributed by atoms with Crippen molar-refractivity contribution in [2.24, 2.45) is 5.92 Å². The van der Waals surface area contributed by atoms with Crippen molar-refractivity contribution in [2.75, 3.05) is 11.9 Å². The number of carboxylic acids is 1. The molecule has 84 valence electrons. The van der Waals surface area contributed by atoms with Crippen LogP contribution in [0.1, 0.15) is 18.1 Å². The summed E-state index contributed by atoms with van der Waals surface area (Å²) >= 11 is 0. The molecule has 0 spiro atoms. The predicted octanol–water partition coefficient (Wildman–Crippen LogP) is 2.00. The smallest absolute Gasteiger partial charge is 0.308 e. The Balaban J connectivity index is 2.79. The van der Waals surface area contributed by atoms with Crippen molar-refractivity contribution in [3.8, 4) is 6.07 Å². The van der Waals surface area contributed by atoms with E-state index in [9.17, 15) is 4.79 Å². The molecule has 1 rings (SSSR count). The van der Waals surface area contributed by atoms with Crippen molar-refractivity contribution in [3.05, 3.63) is 29.3 Å². The highest BCUT2D eigenvalue weighted by Crippen LogP contribution is 2.18. The maximum Gasteiger partial charge on any atom is 0.308 e. The fraction of sp³-hybridized carbons (Fsp3) is 0.333. The van der Waals surface area contributed by atoms with Crippen LogP contribution < -0.4 is 5.32 Å². The van der Waals surface area contributed by atoms with E-state index in [1.54, 1.807) is 13.0 Å².